The number of para-hydroxylation sites is 2. The Labute approximate surface area is 117 Å². The van der Waals surface area contributed by atoms with Crippen LogP contribution in [0.25, 0.3) is 11.0 Å². The van der Waals surface area contributed by atoms with E-state index in [1.165, 1.54) is 0 Å². The lowest BCUT2D eigenvalue weighted by Crippen LogP contribution is -1.94. The summed E-state index contributed by atoms with van der Waals surface area (Å²) in [5.41, 5.74) is 3.88. The number of benzene rings is 2. The number of aliphatic imine (C=N–C) groups is 1. The molecule has 0 aliphatic rings. The van der Waals surface area contributed by atoms with Gasteiger partial charge in [-0.05, 0) is 48.9 Å². The van der Waals surface area contributed by atoms with Crippen molar-refractivity contribution in [1.82, 2.24) is 9.97 Å². The third-order valence-electron chi connectivity index (χ3n) is 3.16. The van der Waals surface area contributed by atoms with Gasteiger partial charge in [0, 0.05) is 5.71 Å². The van der Waals surface area contributed by atoms with E-state index in [1.54, 1.807) is 7.11 Å². The Morgan fingerprint density at radius 1 is 1.10 bits per heavy atom. The van der Waals surface area contributed by atoms with E-state index in [0.29, 0.717) is 5.95 Å². The van der Waals surface area contributed by atoms with E-state index < -0.39 is 0 Å². The maximum atomic E-state index is 5.15. The molecule has 0 aliphatic carbocycles. The van der Waals surface area contributed by atoms with Crippen LogP contribution in [-0.2, 0) is 0 Å². The number of hydrogen-bond acceptors (Lipinski definition) is 3. The number of imidazole rings is 1. The molecular weight excluding hydrogens is 250 g/mol. The maximum absolute atomic E-state index is 5.15. The molecule has 0 fully saturated rings. The van der Waals surface area contributed by atoms with Crippen molar-refractivity contribution >= 4 is 22.7 Å². The minimum Gasteiger partial charge on any atom is -0.497 e. The summed E-state index contributed by atoms with van der Waals surface area (Å²) in [6, 6.07) is 15.7. The van der Waals surface area contributed by atoms with Gasteiger partial charge in [0.2, 0.25) is 5.95 Å². The minimum atomic E-state index is 0.625. The summed E-state index contributed by atoms with van der Waals surface area (Å²) in [5.74, 6) is 1.46. The summed E-state index contributed by atoms with van der Waals surface area (Å²) in [5, 5.41) is 0. The number of nitrogens with one attached hydrogen (secondary N) is 1. The molecule has 20 heavy (non-hydrogen) atoms. The Morgan fingerprint density at radius 2 is 1.85 bits per heavy atom. The molecule has 4 heteroatoms. The molecule has 0 radical (unpaired) electrons. The Bertz CT molecular complexity index is 724. The summed E-state index contributed by atoms with van der Waals surface area (Å²) in [7, 11) is 1.66. The molecule has 0 aliphatic heterocycles. The first kappa shape index (κ1) is 12.4. The first-order valence-electron chi connectivity index (χ1n) is 6.41. The van der Waals surface area contributed by atoms with Crippen LogP contribution in [-0.4, -0.2) is 22.8 Å². The van der Waals surface area contributed by atoms with E-state index >= 15 is 0 Å². The highest BCUT2D eigenvalue weighted by Gasteiger charge is 2.03. The lowest BCUT2D eigenvalue weighted by atomic mass is 10.1. The predicted molar refractivity (Wildman–Crippen MR) is 81.0 cm³/mol. The standard InChI is InChI=1S/C16H15N3O/c1-11(12-7-9-13(20-2)10-8-12)17-16-18-14-5-3-4-6-15(14)19-16/h3-10H,1-2H3,(H,18,19)/b17-11+. The van der Waals surface area contributed by atoms with E-state index in [4.69, 9.17) is 4.74 Å². The van der Waals surface area contributed by atoms with Crippen LogP contribution in [0, 0.1) is 0 Å². The van der Waals surface area contributed by atoms with Gasteiger partial charge < -0.3 is 9.72 Å². The van der Waals surface area contributed by atoms with Gasteiger partial charge in [-0.3, -0.25) is 0 Å². The molecule has 1 heterocycles. The van der Waals surface area contributed by atoms with Gasteiger partial charge in [0.15, 0.2) is 0 Å². The number of fused-ring (bicyclic) bond motifs is 1. The average molecular weight is 265 g/mol. The maximum Gasteiger partial charge on any atom is 0.228 e. The Kier molecular flexibility index (Phi) is 3.21. The van der Waals surface area contributed by atoms with Crippen LogP contribution in [0.2, 0.25) is 0 Å². The fourth-order valence-corrected chi connectivity index (χ4v) is 2.05. The number of rotatable bonds is 3. The molecular formula is C16H15N3O. The Balaban J connectivity index is 1.93. The van der Waals surface area contributed by atoms with Crippen molar-refractivity contribution in [2.45, 2.75) is 6.92 Å². The molecule has 0 bridgehead atoms. The van der Waals surface area contributed by atoms with Crippen molar-refractivity contribution < 1.29 is 4.74 Å². The second-order valence-electron chi connectivity index (χ2n) is 4.50. The number of ether oxygens (including phenoxy) is 1. The van der Waals surface area contributed by atoms with Gasteiger partial charge in [-0.25, -0.2) is 9.98 Å². The zero-order chi connectivity index (χ0) is 13.9. The molecule has 0 saturated carbocycles. The van der Waals surface area contributed by atoms with Crippen molar-refractivity contribution in [2.75, 3.05) is 7.11 Å². The summed E-state index contributed by atoms with van der Waals surface area (Å²) in [6.45, 7) is 1.97. The highest BCUT2D eigenvalue weighted by molar-refractivity contribution is 6.00. The molecule has 0 atom stereocenters. The molecule has 0 amide bonds. The highest BCUT2D eigenvalue weighted by Crippen LogP contribution is 2.18. The van der Waals surface area contributed by atoms with Crippen molar-refractivity contribution in [2.24, 2.45) is 4.99 Å². The molecule has 2 aromatic carbocycles. The number of hydrogen-bond donors (Lipinski definition) is 1. The number of aromatic amines is 1. The molecule has 0 unspecified atom stereocenters. The smallest absolute Gasteiger partial charge is 0.228 e. The van der Waals surface area contributed by atoms with Crippen molar-refractivity contribution in [3.05, 3.63) is 54.1 Å². The highest BCUT2D eigenvalue weighted by atomic mass is 16.5. The summed E-state index contributed by atoms with van der Waals surface area (Å²) in [4.78, 5) is 12.2. The van der Waals surface area contributed by atoms with Gasteiger partial charge in [0.05, 0.1) is 18.1 Å². The fourth-order valence-electron chi connectivity index (χ4n) is 2.05. The van der Waals surface area contributed by atoms with Gasteiger partial charge >= 0.3 is 0 Å². The van der Waals surface area contributed by atoms with Crippen molar-refractivity contribution in [3.63, 3.8) is 0 Å². The second kappa shape index (κ2) is 5.17. The van der Waals surface area contributed by atoms with E-state index in [2.05, 4.69) is 15.0 Å². The SMILES string of the molecule is COc1ccc(/C(C)=N/c2nc3ccccc3[nH]2)cc1. The van der Waals surface area contributed by atoms with Crippen molar-refractivity contribution in [3.8, 4) is 5.75 Å². The summed E-state index contributed by atoms with van der Waals surface area (Å²) < 4.78 is 5.15. The van der Waals surface area contributed by atoms with Gasteiger partial charge in [0.1, 0.15) is 5.75 Å². The zero-order valence-corrected chi connectivity index (χ0v) is 11.4. The third kappa shape index (κ3) is 2.40. The van der Waals surface area contributed by atoms with Crippen molar-refractivity contribution in [1.29, 1.82) is 0 Å². The molecule has 0 saturated heterocycles. The van der Waals surface area contributed by atoms with Crippen LogP contribution in [0.15, 0.2) is 53.5 Å². The normalized spacial score (nSPS) is 11.8. The average Bonchev–Trinajstić information content (AvgIpc) is 2.89. The van der Waals surface area contributed by atoms with Crippen LogP contribution >= 0.6 is 0 Å². The predicted octanol–water partition coefficient (Wildman–Crippen LogP) is 3.71. The zero-order valence-electron chi connectivity index (χ0n) is 11.4. The minimum absolute atomic E-state index is 0.625. The third-order valence-corrected chi connectivity index (χ3v) is 3.16. The quantitative estimate of drug-likeness (QED) is 0.734. The van der Waals surface area contributed by atoms with Gasteiger partial charge in [-0.1, -0.05) is 12.1 Å². The van der Waals surface area contributed by atoms with Crippen LogP contribution < -0.4 is 4.74 Å². The first-order valence-corrected chi connectivity index (χ1v) is 6.41. The number of methoxy groups -OCH3 is 1. The van der Waals surface area contributed by atoms with E-state index in [1.807, 2.05) is 55.5 Å². The van der Waals surface area contributed by atoms with E-state index in [9.17, 15) is 0 Å². The van der Waals surface area contributed by atoms with Gasteiger partial charge in [0.25, 0.3) is 0 Å². The first-order chi connectivity index (χ1) is 9.76. The topological polar surface area (TPSA) is 50.3 Å². The Morgan fingerprint density at radius 3 is 2.55 bits per heavy atom. The van der Waals surface area contributed by atoms with Gasteiger partial charge in [-0.15, -0.1) is 0 Å². The monoisotopic (exact) mass is 265 g/mol. The molecule has 3 aromatic rings. The summed E-state index contributed by atoms with van der Waals surface area (Å²) >= 11 is 0. The molecule has 100 valence electrons. The number of H-pyrrole nitrogens is 1. The molecule has 1 N–H and O–H groups in total. The molecule has 0 spiro atoms. The van der Waals surface area contributed by atoms with Crippen LogP contribution in [0.4, 0.5) is 5.95 Å². The van der Waals surface area contributed by atoms with Crippen LogP contribution in [0.5, 0.6) is 5.75 Å². The van der Waals surface area contributed by atoms with E-state index in [0.717, 1.165) is 28.1 Å². The van der Waals surface area contributed by atoms with Crippen LogP contribution in [0.1, 0.15) is 12.5 Å². The fraction of sp³-hybridized carbons (Fsp3) is 0.125. The van der Waals surface area contributed by atoms with Crippen LogP contribution in [0.3, 0.4) is 0 Å². The van der Waals surface area contributed by atoms with Gasteiger partial charge in [-0.2, -0.15) is 0 Å². The Hall–Kier alpha value is -2.62. The lowest BCUT2D eigenvalue weighted by Gasteiger charge is -2.02. The molecule has 4 nitrogen and oxygen atoms in total. The second-order valence-corrected chi connectivity index (χ2v) is 4.50. The molecule has 3 rings (SSSR count). The van der Waals surface area contributed by atoms with E-state index in [-0.39, 0.29) is 0 Å². The summed E-state index contributed by atoms with van der Waals surface area (Å²) in [6.07, 6.45) is 0. The lowest BCUT2D eigenvalue weighted by molar-refractivity contribution is 0.415. The number of aromatic nitrogens is 2. The largest absolute Gasteiger partial charge is 0.497 e. The number of nitrogens with zero attached hydrogens (tertiary/aromatic N) is 2. The molecule has 1 aromatic heterocycles.